The Hall–Kier alpha value is -1.65. The minimum absolute atomic E-state index is 0.0713. The molecule has 1 unspecified atom stereocenters. The van der Waals surface area contributed by atoms with Gasteiger partial charge in [-0.3, -0.25) is 0 Å². The maximum absolute atomic E-state index is 10.6. The predicted molar refractivity (Wildman–Crippen MR) is 67.8 cm³/mol. The summed E-state index contributed by atoms with van der Waals surface area (Å²) in [7, 11) is 0. The smallest absolute Gasteiger partial charge is 0.356 e. The van der Waals surface area contributed by atoms with Crippen LogP contribution in [0.25, 0.3) is 0 Å². The van der Waals surface area contributed by atoms with Gasteiger partial charge in [0.25, 0.3) is 0 Å². The number of nitrogens with zero attached hydrogens (tertiary/aromatic N) is 2. The molecule has 1 N–H and O–H groups in total. The second-order valence-electron chi connectivity index (χ2n) is 4.32. The average Bonchev–Trinajstić information content (AvgIpc) is 2.35. The van der Waals surface area contributed by atoms with E-state index in [2.05, 4.69) is 16.9 Å². The molecule has 0 bridgehead atoms. The van der Waals surface area contributed by atoms with Crippen LogP contribution in [-0.2, 0) is 0 Å². The van der Waals surface area contributed by atoms with E-state index < -0.39 is 5.97 Å². The molecule has 1 atom stereocenters. The average molecular weight is 252 g/mol. The molecule has 18 heavy (non-hydrogen) atoms. The first kappa shape index (κ1) is 14.4. The fourth-order valence-electron chi connectivity index (χ4n) is 1.61. The van der Waals surface area contributed by atoms with Crippen LogP contribution < -0.4 is 4.74 Å². The first-order valence-corrected chi connectivity index (χ1v) is 6.35. The number of aromatic nitrogens is 2. The molecule has 0 saturated carbocycles. The number of hydrogen-bond acceptors (Lipinski definition) is 4. The molecule has 0 aliphatic carbocycles. The van der Waals surface area contributed by atoms with Crippen molar-refractivity contribution in [3.05, 3.63) is 18.1 Å². The van der Waals surface area contributed by atoms with Gasteiger partial charge in [-0.15, -0.1) is 0 Å². The van der Waals surface area contributed by atoms with Crippen LogP contribution in [0.1, 0.15) is 56.4 Å². The zero-order chi connectivity index (χ0) is 13.4. The third-order valence-corrected chi connectivity index (χ3v) is 2.63. The van der Waals surface area contributed by atoms with Crippen molar-refractivity contribution in [2.45, 2.75) is 52.1 Å². The van der Waals surface area contributed by atoms with Gasteiger partial charge in [0.15, 0.2) is 5.69 Å². The Labute approximate surface area is 107 Å². The summed E-state index contributed by atoms with van der Waals surface area (Å²) in [6, 6.07) is 0. The Kier molecular flexibility index (Phi) is 6.11. The summed E-state index contributed by atoms with van der Waals surface area (Å²) in [4.78, 5) is 18.3. The number of unbranched alkanes of at least 4 members (excludes halogenated alkanes) is 3. The molecule has 1 aromatic rings. The van der Waals surface area contributed by atoms with Crippen LogP contribution in [-0.4, -0.2) is 27.1 Å². The fourth-order valence-corrected chi connectivity index (χ4v) is 1.61. The largest absolute Gasteiger partial charge is 0.476 e. The molecule has 0 saturated heterocycles. The quantitative estimate of drug-likeness (QED) is 0.720. The first-order valence-electron chi connectivity index (χ1n) is 6.35. The molecule has 5 heteroatoms. The molecular formula is C13H20N2O3. The topological polar surface area (TPSA) is 72.3 Å². The van der Waals surface area contributed by atoms with Crippen LogP contribution in [0.15, 0.2) is 12.4 Å². The number of carboxylic acid groups (broad SMARTS) is 1. The molecular weight excluding hydrogens is 232 g/mol. The molecule has 1 aromatic heterocycles. The van der Waals surface area contributed by atoms with Gasteiger partial charge in [0, 0.05) is 0 Å². The van der Waals surface area contributed by atoms with Crippen LogP contribution in [0.5, 0.6) is 5.88 Å². The number of ether oxygens (including phenoxy) is 1. The van der Waals surface area contributed by atoms with Crippen molar-refractivity contribution >= 4 is 5.97 Å². The van der Waals surface area contributed by atoms with Gasteiger partial charge in [-0.25, -0.2) is 14.8 Å². The second kappa shape index (κ2) is 7.63. The Bertz CT molecular complexity index is 365. The van der Waals surface area contributed by atoms with Gasteiger partial charge < -0.3 is 9.84 Å². The number of hydrogen-bond donors (Lipinski definition) is 1. The number of carbonyl (C=O) groups is 1. The highest BCUT2D eigenvalue weighted by molar-refractivity contribution is 5.84. The standard InChI is InChI=1S/C13H20N2O3/c1-3-4-5-6-7-10(2)18-12-9-14-11(8-15-12)13(16)17/h8-10H,3-7H2,1-2H3,(H,16,17). The summed E-state index contributed by atoms with van der Waals surface area (Å²) in [6.07, 6.45) is 8.43. The normalized spacial score (nSPS) is 12.1. The highest BCUT2D eigenvalue weighted by Gasteiger charge is 2.08. The van der Waals surface area contributed by atoms with Crippen molar-refractivity contribution in [3.63, 3.8) is 0 Å². The molecule has 100 valence electrons. The van der Waals surface area contributed by atoms with Gasteiger partial charge in [-0.1, -0.05) is 26.2 Å². The van der Waals surface area contributed by atoms with Crippen LogP contribution in [0.4, 0.5) is 0 Å². The van der Waals surface area contributed by atoms with Crippen LogP contribution in [0.2, 0.25) is 0 Å². The molecule has 0 aromatic carbocycles. The molecule has 0 amide bonds. The molecule has 1 heterocycles. The highest BCUT2D eigenvalue weighted by Crippen LogP contribution is 2.12. The van der Waals surface area contributed by atoms with Gasteiger partial charge in [0.2, 0.25) is 5.88 Å². The zero-order valence-corrected chi connectivity index (χ0v) is 10.9. The van der Waals surface area contributed by atoms with Crippen LogP contribution >= 0.6 is 0 Å². The molecule has 0 radical (unpaired) electrons. The van der Waals surface area contributed by atoms with Crippen LogP contribution in [0, 0.1) is 0 Å². The van der Waals surface area contributed by atoms with Crippen molar-refractivity contribution in [1.29, 1.82) is 0 Å². The number of aromatic carboxylic acids is 1. The van der Waals surface area contributed by atoms with Gasteiger partial charge in [-0.2, -0.15) is 0 Å². The lowest BCUT2D eigenvalue weighted by atomic mass is 10.1. The molecule has 0 spiro atoms. The molecule has 5 nitrogen and oxygen atoms in total. The predicted octanol–water partition coefficient (Wildman–Crippen LogP) is 2.91. The van der Waals surface area contributed by atoms with Crippen molar-refractivity contribution in [2.24, 2.45) is 0 Å². The van der Waals surface area contributed by atoms with Gasteiger partial charge in [-0.05, 0) is 19.8 Å². The maximum Gasteiger partial charge on any atom is 0.356 e. The van der Waals surface area contributed by atoms with Crippen molar-refractivity contribution in [2.75, 3.05) is 0 Å². The van der Waals surface area contributed by atoms with E-state index in [1.807, 2.05) is 6.92 Å². The lowest BCUT2D eigenvalue weighted by Gasteiger charge is -2.13. The van der Waals surface area contributed by atoms with E-state index in [-0.39, 0.29) is 11.8 Å². The van der Waals surface area contributed by atoms with Gasteiger partial charge in [0.1, 0.15) is 0 Å². The van der Waals surface area contributed by atoms with E-state index in [4.69, 9.17) is 9.84 Å². The van der Waals surface area contributed by atoms with E-state index in [1.54, 1.807) is 0 Å². The second-order valence-corrected chi connectivity index (χ2v) is 4.32. The van der Waals surface area contributed by atoms with E-state index in [0.717, 1.165) is 12.8 Å². The Morgan fingerprint density at radius 3 is 2.67 bits per heavy atom. The molecule has 0 aliphatic rings. The Morgan fingerprint density at radius 2 is 2.11 bits per heavy atom. The minimum atomic E-state index is -1.08. The Morgan fingerprint density at radius 1 is 1.33 bits per heavy atom. The van der Waals surface area contributed by atoms with Gasteiger partial charge >= 0.3 is 5.97 Å². The third-order valence-electron chi connectivity index (χ3n) is 2.63. The zero-order valence-electron chi connectivity index (χ0n) is 10.9. The Balaban J connectivity index is 2.35. The summed E-state index contributed by atoms with van der Waals surface area (Å²) >= 11 is 0. The van der Waals surface area contributed by atoms with E-state index >= 15 is 0 Å². The molecule has 0 aliphatic heterocycles. The fraction of sp³-hybridized carbons (Fsp3) is 0.615. The first-order chi connectivity index (χ1) is 8.63. The van der Waals surface area contributed by atoms with Crippen molar-refractivity contribution in [3.8, 4) is 5.88 Å². The monoisotopic (exact) mass is 252 g/mol. The molecule has 0 fully saturated rings. The van der Waals surface area contributed by atoms with E-state index in [1.165, 1.54) is 31.7 Å². The summed E-state index contributed by atoms with van der Waals surface area (Å²) in [5.74, 6) is -0.704. The van der Waals surface area contributed by atoms with Gasteiger partial charge in [0.05, 0.1) is 18.5 Å². The summed E-state index contributed by atoms with van der Waals surface area (Å²) < 4.78 is 5.56. The number of rotatable bonds is 8. The maximum atomic E-state index is 10.6. The highest BCUT2D eigenvalue weighted by atomic mass is 16.5. The third kappa shape index (κ3) is 5.12. The van der Waals surface area contributed by atoms with Crippen molar-refractivity contribution in [1.82, 2.24) is 9.97 Å². The van der Waals surface area contributed by atoms with E-state index in [9.17, 15) is 4.79 Å². The minimum Gasteiger partial charge on any atom is -0.476 e. The van der Waals surface area contributed by atoms with Crippen molar-refractivity contribution < 1.29 is 14.6 Å². The van der Waals surface area contributed by atoms with E-state index in [0.29, 0.717) is 5.88 Å². The lowest BCUT2D eigenvalue weighted by molar-refractivity contribution is 0.0689. The number of carboxylic acids is 1. The SMILES string of the molecule is CCCCCCC(C)Oc1cnc(C(=O)O)cn1. The summed E-state index contributed by atoms with van der Waals surface area (Å²) in [5, 5.41) is 8.68. The summed E-state index contributed by atoms with van der Waals surface area (Å²) in [5.41, 5.74) is -0.0713. The lowest BCUT2D eigenvalue weighted by Crippen LogP contribution is -2.13. The molecule has 1 rings (SSSR count). The summed E-state index contributed by atoms with van der Waals surface area (Å²) in [6.45, 7) is 4.16. The van der Waals surface area contributed by atoms with Crippen LogP contribution in [0.3, 0.4) is 0 Å².